The van der Waals surface area contributed by atoms with E-state index >= 15 is 0 Å². The summed E-state index contributed by atoms with van der Waals surface area (Å²) < 4.78 is 23.7. The van der Waals surface area contributed by atoms with E-state index in [1.165, 1.54) is 6.42 Å². The van der Waals surface area contributed by atoms with Crippen LogP contribution in [0.25, 0.3) is 0 Å². The molecule has 3 unspecified atom stereocenters. The molecule has 0 aromatic rings. The van der Waals surface area contributed by atoms with Gasteiger partial charge in [0.2, 0.25) is 0 Å². The molecule has 0 heterocycles. The average molecular weight is 600 g/mol. The second kappa shape index (κ2) is 19.8. The first-order valence-electron chi connectivity index (χ1n) is 16.5. The van der Waals surface area contributed by atoms with Gasteiger partial charge in [0, 0.05) is 25.3 Å². The minimum atomic E-state index is -0.680. The Morgan fingerprint density at radius 3 is 2.05 bits per heavy atom. The van der Waals surface area contributed by atoms with Gasteiger partial charge in [-0.25, -0.2) is 9.59 Å². The molecule has 0 bridgehead atoms. The summed E-state index contributed by atoms with van der Waals surface area (Å²) in [5.41, 5.74) is 0. The Labute approximate surface area is 261 Å². The van der Waals surface area contributed by atoms with Gasteiger partial charge in [0.15, 0.2) is 0 Å². The number of ether oxygens (including phenoxy) is 4. The van der Waals surface area contributed by atoms with Crippen LogP contribution in [0.2, 0.25) is 0 Å². The molecule has 0 radical (unpaired) electrons. The topological polar surface area (TPSA) is 83.4 Å². The highest BCUT2D eigenvalue weighted by Gasteiger charge is 2.34. The number of carbonyl (C=O) groups excluding carboxylic acids is 2. The van der Waals surface area contributed by atoms with Crippen LogP contribution in [0.4, 0.5) is 0 Å². The Morgan fingerprint density at radius 1 is 0.860 bits per heavy atom. The van der Waals surface area contributed by atoms with E-state index < -0.39 is 24.0 Å². The van der Waals surface area contributed by atoms with Crippen molar-refractivity contribution in [3.8, 4) is 24.7 Å². The van der Waals surface area contributed by atoms with Crippen LogP contribution in [-0.2, 0) is 28.5 Å². The molecule has 0 saturated heterocycles. The fourth-order valence-corrected chi connectivity index (χ4v) is 6.98. The molecular formula is C36H57NO6. The second-order valence-electron chi connectivity index (χ2n) is 13.3. The van der Waals surface area contributed by atoms with Crippen LogP contribution in [0.5, 0.6) is 0 Å². The van der Waals surface area contributed by atoms with Crippen LogP contribution in [0.1, 0.15) is 98.8 Å². The average Bonchev–Trinajstić information content (AvgIpc) is 3.19. The number of carbonyl (C=O) groups is 2. The van der Waals surface area contributed by atoms with Crippen LogP contribution >= 0.6 is 0 Å². The zero-order chi connectivity index (χ0) is 31.8. The first-order valence-corrected chi connectivity index (χ1v) is 16.5. The maximum atomic E-state index is 12.9. The summed E-state index contributed by atoms with van der Waals surface area (Å²) in [7, 11) is 0. The quantitative estimate of drug-likeness (QED) is 0.0819. The molecule has 2 saturated carbocycles. The van der Waals surface area contributed by atoms with E-state index in [9.17, 15) is 9.59 Å². The zero-order valence-corrected chi connectivity index (χ0v) is 27.4. The highest BCUT2D eigenvalue weighted by Crippen LogP contribution is 2.37. The molecule has 7 heteroatoms. The Kier molecular flexibility index (Phi) is 17.0. The lowest BCUT2D eigenvalue weighted by Gasteiger charge is -2.38. The van der Waals surface area contributed by atoms with Crippen LogP contribution in [0.15, 0.2) is 4.99 Å². The largest absolute Gasteiger partial charge is 0.463 e. The SMILES string of the molecule is C#CCC(OC(=O)CO[C@H]1CC(CC)CC[C@H]1C(C)C)[C@@H](CC#C)COC(=O)CO[C@H]1CC(CN=C)CCC[C@@H]1C(C)C. The predicted molar refractivity (Wildman–Crippen MR) is 171 cm³/mol. The second-order valence-corrected chi connectivity index (χ2v) is 13.3. The van der Waals surface area contributed by atoms with Gasteiger partial charge in [-0.3, -0.25) is 0 Å². The van der Waals surface area contributed by atoms with Gasteiger partial charge >= 0.3 is 11.9 Å². The number of hydrogen-bond acceptors (Lipinski definition) is 7. The van der Waals surface area contributed by atoms with E-state index in [0.717, 1.165) is 44.9 Å². The maximum Gasteiger partial charge on any atom is 0.332 e. The monoisotopic (exact) mass is 599 g/mol. The first kappa shape index (κ1) is 36.8. The molecule has 2 aliphatic rings. The summed E-state index contributed by atoms with van der Waals surface area (Å²) in [5.74, 6) is 6.57. The normalized spacial score (nSPS) is 27.4. The molecule has 242 valence electrons. The molecule has 0 aromatic carbocycles. The standard InChI is InChI=1S/C36H57NO6/c1-9-13-29(22-42-35(38)23-40-34-20-28(21-37-8)15-12-16-30(34)25(4)5)32(14-10-2)43-36(39)24-41-33-19-27(11-3)17-18-31(33)26(6)7/h1-2,25-34H,8,11-24H2,3-7H3/t27?,28?,29-,30+,31-,32?,33-,34-/m0/s1. The van der Waals surface area contributed by atoms with Crippen molar-refractivity contribution in [2.24, 2.45) is 46.4 Å². The number of esters is 2. The predicted octanol–water partition coefficient (Wildman–Crippen LogP) is 6.52. The van der Waals surface area contributed by atoms with Crippen LogP contribution < -0.4 is 0 Å². The van der Waals surface area contributed by atoms with Crippen molar-refractivity contribution >= 4 is 18.7 Å². The van der Waals surface area contributed by atoms with Crippen molar-refractivity contribution in [2.45, 2.75) is 117 Å². The highest BCUT2D eigenvalue weighted by atomic mass is 16.6. The van der Waals surface area contributed by atoms with E-state index in [0.29, 0.717) is 42.1 Å². The molecule has 7 nitrogen and oxygen atoms in total. The van der Waals surface area contributed by atoms with E-state index in [1.54, 1.807) is 0 Å². The molecule has 2 aliphatic carbocycles. The summed E-state index contributed by atoms with van der Waals surface area (Å²) in [4.78, 5) is 29.8. The Bertz CT molecular complexity index is 933. The third-order valence-corrected chi connectivity index (χ3v) is 9.62. The van der Waals surface area contributed by atoms with E-state index in [-0.39, 0.29) is 44.9 Å². The fourth-order valence-electron chi connectivity index (χ4n) is 6.98. The van der Waals surface area contributed by atoms with E-state index in [1.807, 2.05) is 0 Å². The smallest absolute Gasteiger partial charge is 0.332 e. The van der Waals surface area contributed by atoms with Crippen LogP contribution in [0.3, 0.4) is 0 Å². The van der Waals surface area contributed by atoms with Gasteiger partial charge in [0.1, 0.15) is 19.3 Å². The van der Waals surface area contributed by atoms with E-state index in [4.69, 9.17) is 31.8 Å². The third-order valence-electron chi connectivity index (χ3n) is 9.62. The van der Waals surface area contributed by atoms with E-state index in [2.05, 4.69) is 58.2 Å². The minimum absolute atomic E-state index is 0.00953. The number of hydrogen-bond donors (Lipinski definition) is 0. The lowest BCUT2D eigenvalue weighted by Crippen LogP contribution is -2.37. The molecule has 8 atom stereocenters. The number of terminal acetylenes is 2. The molecule has 0 amide bonds. The van der Waals surface area contributed by atoms with Gasteiger partial charge in [0.25, 0.3) is 0 Å². The molecule has 0 spiro atoms. The molecule has 2 rings (SSSR count). The molecule has 0 aliphatic heterocycles. The Morgan fingerprint density at radius 2 is 1.47 bits per heavy atom. The third kappa shape index (κ3) is 12.7. The van der Waals surface area contributed by atoms with Crippen molar-refractivity contribution in [2.75, 3.05) is 26.4 Å². The Balaban J connectivity index is 1.93. The Hall–Kier alpha value is -2.35. The van der Waals surface area contributed by atoms with Gasteiger partial charge in [-0.1, -0.05) is 47.5 Å². The lowest BCUT2D eigenvalue weighted by molar-refractivity contribution is -0.165. The van der Waals surface area contributed by atoms with Crippen molar-refractivity contribution in [1.29, 1.82) is 0 Å². The summed E-state index contributed by atoms with van der Waals surface area (Å²) in [5, 5.41) is 0. The minimum Gasteiger partial charge on any atom is -0.463 e. The number of nitrogens with zero attached hydrogens (tertiary/aromatic N) is 1. The molecular weight excluding hydrogens is 542 g/mol. The summed E-state index contributed by atoms with van der Waals surface area (Å²) >= 11 is 0. The van der Waals surface area contributed by atoms with Gasteiger partial charge < -0.3 is 23.9 Å². The van der Waals surface area contributed by atoms with Gasteiger partial charge in [-0.15, -0.1) is 24.7 Å². The first-order chi connectivity index (χ1) is 20.6. The summed E-state index contributed by atoms with van der Waals surface area (Å²) in [6.45, 7) is 15.1. The van der Waals surface area contributed by atoms with Gasteiger partial charge in [0.05, 0.1) is 18.8 Å². The van der Waals surface area contributed by atoms with Crippen molar-refractivity contribution in [1.82, 2.24) is 0 Å². The molecule has 0 aromatic heterocycles. The molecule has 43 heavy (non-hydrogen) atoms. The maximum absolute atomic E-state index is 12.9. The summed E-state index contributed by atoms with van der Waals surface area (Å²) in [6, 6.07) is 0. The number of aliphatic imine (C=N–C) groups is 1. The summed E-state index contributed by atoms with van der Waals surface area (Å²) in [6.07, 6.45) is 19.5. The molecule has 0 N–H and O–H groups in total. The van der Waals surface area contributed by atoms with Gasteiger partial charge in [-0.05, 0) is 80.7 Å². The van der Waals surface area contributed by atoms with Crippen molar-refractivity contribution in [3.63, 3.8) is 0 Å². The fraction of sp³-hybridized carbons (Fsp3) is 0.806. The van der Waals surface area contributed by atoms with Crippen molar-refractivity contribution in [3.05, 3.63) is 0 Å². The van der Waals surface area contributed by atoms with Crippen molar-refractivity contribution < 1.29 is 28.5 Å². The zero-order valence-electron chi connectivity index (χ0n) is 27.4. The molecule has 2 fully saturated rings. The number of rotatable bonds is 17. The highest BCUT2D eigenvalue weighted by molar-refractivity contribution is 5.71. The lowest BCUT2D eigenvalue weighted by atomic mass is 9.74. The van der Waals surface area contributed by atoms with Crippen LogP contribution in [-0.4, -0.2) is 63.3 Å². The van der Waals surface area contributed by atoms with Gasteiger partial charge in [-0.2, -0.15) is 0 Å². The van der Waals surface area contributed by atoms with Crippen LogP contribution in [0, 0.1) is 66.1 Å².